The molecule has 0 aliphatic carbocycles. The lowest BCUT2D eigenvalue weighted by Gasteiger charge is -2.19. The molecule has 0 aliphatic rings. The number of thioether (sulfide) groups is 1. The lowest BCUT2D eigenvalue weighted by atomic mass is 10.1. The van der Waals surface area contributed by atoms with Gasteiger partial charge in [0.2, 0.25) is 5.91 Å². The van der Waals surface area contributed by atoms with E-state index in [1.54, 1.807) is 0 Å². The van der Waals surface area contributed by atoms with Gasteiger partial charge < -0.3 is 10.1 Å². The summed E-state index contributed by atoms with van der Waals surface area (Å²) >= 11 is 0.978. The number of hydrogen-bond donors (Lipinski definition) is 1. The van der Waals surface area contributed by atoms with E-state index in [1.807, 2.05) is 27.7 Å². The largest absolute Gasteiger partial charge is 0.465 e. The van der Waals surface area contributed by atoms with Crippen LogP contribution in [0.1, 0.15) is 47.0 Å². The molecule has 1 rings (SSSR count). The standard InChI is InChI=1S/C18H25F2NO3S/c1-5-7-16(22)21-14-10-15(13(20)9-12(14)19)25-17(11(3)4)18(23)24-8-6-2/h9-11,17H,5-8H2,1-4H3,(H,21,22). The average molecular weight is 373 g/mol. The predicted molar refractivity (Wildman–Crippen MR) is 95.6 cm³/mol. The van der Waals surface area contributed by atoms with E-state index in [0.717, 1.165) is 17.8 Å². The number of nitrogens with one attached hydrogen (secondary N) is 1. The van der Waals surface area contributed by atoms with Crippen LogP contribution in [0.2, 0.25) is 0 Å². The van der Waals surface area contributed by atoms with Gasteiger partial charge in [-0.05, 0) is 24.8 Å². The maximum atomic E-state index is 14.1. The van der Waals surface area contributed by atoms with Crippen molar-refractivity contribution in [3.8, 4) is 0 Å². The highest BCUT2D eigenvalue weighted by molar-refractivity contribution is 8.00. The molecule has 1 aromatic rings. The highest BCUT2D eigenvalue weighted by atomic mass is 32.2. The number of amides is 1. The minimum absolute atomic E-state index is 0.0909. The fraction of sp³-hybridized carbons (Fsp3) is 0.556. The van der Waals surface area contributed by atoms with Crippen LogP contribution in [0.5, 0.6) is 0 Å². The Kier molecular flexibility index (Phi) is 8.89. The monoisotopic (exact) mass is 373 g/mol. The molecular formula is C18H25F2NO3S. The van der Waals surface area contributed by atoms with Crippen LogP contribution in [0, 0.1) is 17.6 Å². The molecule has 1 N–H and O–H groups in total. The van der Waals surface area contributed by atoms with Gasteiger partial charge >= 0.3 is 5.97 Å². The van der Waals surface area contributed by atoms with Gasteiger partial charge in [0.05, 0.1) is 12.3 Å². The molecule has 0 bridgehead atoms. The lowest BCUT2D eigenvalue weighted by Crippen LogP contribution is -2.26. The van der Waals surface area contributed by atoms with Crippen molar-refractivity contribution in [1.29, 1.82) is 0 Å². The van der Waals surface area contributed by atoms with E-state index in [9.17, 15) is 18.4 Å². The molecule has 0 saturated carbocycles. The van der Waals surface area contributed by atoms with Gasteiger partial charge in [0.15, 0.2) is 0 Å². The fourth-order valence-corrected chi connectivity index (χ4v) is 3.10. The molecular weight excluding hydrogens is 348 g/mol. The number of carbonyl (C=O) groups is 2. The molecule has 0 fully saturated rings. The van der Waals surface area contributed by atoms with Crippen LogP contribution in [0.25, 0.3) is 0 Å². The first kappa shape index (κ1) is 21.4. The summed E-state index contributed by atoms with van der Waals surface area (Å²) in [5, 5.41) is 1.81. The number of esters is 1. The van der Waals surface area contributed by atoms with Crippen molar-refractivity contribution in [3.63, 3.8) is 0 Å². The van der Waals surface area contributed by atoms with Crippen molar-refractivity contribution in [3.05, 3.63) is 23.8 Å². The number of halogens is 2. The van der Waals surface area contributed by atoms with Crippen molar-refractivity contribution in [2.45, 2.75) is 57.1 Å². The smallest absolute Gasteiger partial charge is 0.319 e. The van der Waals surface area contributed by atoms with Crippen LogP contribution in [0.3, 0.4) is 0 Å². The third-order valence-electron chi connectivity index (χ3n) is 3.31. The summed E-state index contributed by atoms with van der Waals surface area (Å²) in [5.74, 6) is -2.49. The molecule has 0 radical (unpaired) electrons. The Hall–Kier alpha value is -1.63. The Labute approximate surface area is 151 Å². The molecule has 0 heterocycles. The first-order valence-electron chi connectivity index (χ1n) is 8.42. The highest BCUT2D eigenvalue weighted by Gasteiger charge is 2.27. The molecule has 0 aromatic heterocycles. The summed E-state index contributed by atoms with van der Waals surface area (Å²) in [6.07, 6.45) is 1.56. The maximum Gasteiger partial charge on any atom is 0.319 e. The van der Waals surface area contributed by atoms with E-state index >= 15 is 0 Å². The summed E-state index contributed by atoms with van der Waals surface area (Å²) in [6.45, 7) is 7.67. The quantitative estimate of drug-likeness (QED) is 0.500. The molecule has 1 amide bonds. The Morgan fingerprint density at radius 2 is 1.84 bits per heavy atom. The SMILES string of the molecule is CCCOC(=O)C(Sc1cc(NC(=O)CCC)c(F)cc1F)C(C)C. The maximum absolute atomic E-state index is 14.1. The first-order chi connectivity index (χ1) is 11.8. The average Bonchev–Trinajstić information content (AvgIpc) is 2.53. The summed E-state index contributed by atoms with van der Waals surface area (Å²) < 4.78 is 33.2. The molecule has 0 aliphatic heterocycles. The van der Waals surface area contributed by atoms with E-state index in [2.05, 4.69) is 5.32 Å². The van der Waals surface area contributed by atoms with Gasteiger partial charge in [0.25, 0.3) is 0 Å². The van der Waals surface area contributed by atoms with Gasteiger partial charge in [-0.3, -0.25) is 9.59 Å². The minimum atomic E-state index is -0.846. The van der Waals surface area contributed by atoms with Crippen molar-refractivity contribution < 1.29 is 23.1 Å². The normalized spacial score (nSPS) is 12.1. The second-order valence-corrected chi connectivity index (χ2v) is 7.19. The van der Waals surface area contributed by atoms with Crippen molar-refractivity contribution in [2.24, 2.45) is 5.92 Å². The molecule has 25 heavy (non-hydrogen) atoms. The summed E-state index contributed by atoms with van der Waals surface area (Å²) in [6, 6.07) is 1.95. The van der Waals surface area contributed by atoms with Crippen LogP contribution in [0.15, 0.2) is 17.0 Å². The van der Waals surface area contributed by atoms with Crippen molar-refractivity contribution in [1.82, 2.24) is 0 Å². The van der Waals surface area contributed by atoms with Crippen LogP contribution in [-0.2, 0) is 14.3 Å². The van der Waals surface area contributed by atoms with E-state index in [1.165, 1.54) is 6.07 Å². The van der Waals surface area contributed by atoms with Crippen LogP contribution < -0.4 is 5.32 Å². The molecule has 0 saturated heterocycles. The van der Waals surface area contributed by atoms with Crippen LogP contribution in [-0.4, -0.2) is 23.7 Å². The number of ether oxygens (including phenoxy) is 1. The summed E-state index contributed by atoms with van der Waals surface area (Å²) in [5.41, 5.74) is -0.0909. The first-order valence-corrected chi connectivity index (χ1v) is 9.30. The second kappa shape index (κ2) is 10.4. The number of carbonyl (C=O) groups excluding carboxylic acids is 2. The third-order valence-corrected chi connectivity index (χ3v) is 4.87. The summed E-state index contributed by atoms with van der Waals surface area (Å²) in [7, 11) is 0. The number of rotatable bonds is 9. The fourth-order valence-electron chi connectivity index (χ4n) is 2.03. The Balaban J connectivity index is 3.01. The van der Waals surface area contributed by atoms with Gasteiger partial charge in [-0.1, -0.05) is 27.7 Å². The van der Waals surface area contributed by atoms with E-state index < -0.39 is 22.9 Å². The van der Waals surface area contributed by atoms with Gasteiger partial charge in [-0.15, -0.1) is 11.8 Å². The van der Waals surface area contributed by atoms with E-state index in [-0.39, 0.29) is 28.8 Å². The Morgan fingerprint density at radius 1 is 1.16 bits per heavy atom. The molecule has 1 unspecified atom stereocenters. The van der Waals surface area contributed by atoms with Crippen LogP contribution in [0.4, 0.5) is 14.5 Å². The molecule has 1 atom stereocenters. The van der Waals surface area contributed by atoms with Gasteiger partial charge in [-0.2, -0.15) is 0 Å². The van der Waals surface area contributed by atoms with Crippen molar-refractivity contribution >= 4 is 29.3 Å². The molecule has 1 aromatic carbocycles. The molecule has 140 valence electrons. The van der Waals surface area contributed by atoms with Gasteiger partial charge in [0, 0.05) is 17.4 Å². The summed E-state index contributed by atoms with van der Waals surface area (Å²) in [4.78, 5) is 23.9. The molecule has 7 heteroatoms. The highest BCUT2D eigenvalue weighted by Crippen LogP contribution is 2.34. The number of hydrogen-bond acceptors (Lipinski definition) is 4. The van der Waals surface area contributed by atoms with E-state index in [0.29, 0.717) is 19.4 Å². The molecule has 4 nitrogen and oxygen atoms in total. The minimum Gasteiger partial charge on any atom is -0.465 e. The van der Waals surface area contributed by atoms with Gasteiger partial charge in [0.1, 0.15) is 16.9 Å². The lowest BCUT2D eigenvalue weighted by molar-refractivity contribution is -0.143. The number of anilines is 1. The predicted octanol–water partition coefficient (Wildman–Crippen LogP) is 4.77. The zero-order chi connectivity index (χ0) is 19.0. The van der Waals surface area contributed by atoms with E-state index in [4.69, 9.17) is 4.74 Å². The molecule has 0 spiro atoms. The zero-order valence-electron chi connectivity index (χ0n) is 15.0. The number of benzene rings is 1. The van der Waals surface area contributed by atoms with Crippen LogP contribution >= 0.6 is 11.8 Å². The van der Waals surface area contributed by atoms with Gasteiger partial charge in [-0.25, -0.2) is 8.78 Å². The topological polar surface area (TPSA) is 55.4 Å². The second-order valence-electron chi connectivity index (χ2n) is 6.01. The Bertz CT molecular complexity index is 608. The zero-order valence-corrected chi connectivity index (χ0v) is 15.8. The Morgan fingerprint density at radius 3 is 2.40 bits per heavy atom. The third kappa shape index (κ3) is 6.65. The van der Waals surface area contributed by atoms with Crippen molar-refractivity contribution in [2.75, 3.05) is 11.9 Å².